The van der Waals surface area contributed by atoms with Gasteiger partial charge in [-0.3, -0.25) is 0 Å². The second-order valence-electron chi connectivity index (χ2n) is 7.60. The number of rotatable bonds is 2. The van der Waals surface area contributed by atoms with E-state index >= 15 is 0 Å². The minimum absolute atomic E-state index is 0.0364. The number of ether oxygens (including phenoxy) is 3. The van der Waals surface area contributed by atoms with Crippen LogP contribution in [0.1, 0.15) is 56.8 Å². The Labute approximate surface area is 138 Å². The molecular formula is C19H26O4. The summed E-state index contributed by atoms with van der Waals surface area (Å²) in [7, 11) is 0. The average molecular weight is 318 g/mol. The van der Waals surface area contributed by atoms with Crippen molar-refractivity contribution in [1.82, 2.24) is 0 Å². The second kappa shape index (κ2) is 6.42. The predicted molar refractivity (Wildman–Crippen MR) is 88.0 cm³/mol. The quantitative estimate of drug-likeness (QED) is 0.766. The van der Waals surface area contributed by atoms with Gasteiger partial charge in [0.25, 0.3) is 0 Å². The van der Waals surface area contributed by atoms with Gasteiger partial charge in [-0.2, -0.15) is 0 Å². The van der Waals surface area contributed by atoms with Gasteiger partial charge in [0.05, 0.1) is 5.56 Å². The van der Waals surface area contributed by atoms with Gasteiger partial charge in [0, 0.05) is 0 Å². The highest BCUT2D eigenvalue weighted by Gasteiger charge is 2.31. The highest BCUT2D eigenvalue weighted by molar-refractivity contribution is 5.90. The zero-order valence-electron chi connectivity index (χ0n) is 14.3. The molecule has 0 bridgehead atoms. The molecule has 4 nitrogen and oxygen atoms in total. The molecule has 0 aromatic heterocycles. The van der Waals surface area contributed by atoms with E-state index < -0.39 is 0 Å². The van der Waals surface area contributed by atoms with E-state index in [2.05, 4.69) is 20.8 Å². The van der Waals surface area contributed by atoms with Gasteiger partial charge < -0.3 is 14.2 Å². The third-order valence-electron chi connectivity index (χ3n) is 4.95. The van der Waals surface area contributed by atoms with Crippen molar-refractivity contribution < 1.29 is 19.0 Å². The van der Waals surface area contributed by atoms with Crippen molar-refractivity contribution in [1.29, 1.82) is 0 Å². The minimum Gasteiger partial charge on any atom is -0.486 e. The minimum atomic E-state index is -0.263. The fourth-order valence-electron chi connectivity index (χ4n) is 3.44. The molecule has 1 aliphatic heterocycles. The highest BCUT2D eigenvalue weighted by Crippen LogP contribution is 2.39. The lowest BCUT2D eigenvalue weighted by Crippen LogP contribution is -2.30. The molecule has 0 spiro atoms. The lowest BCUT2D eigenvalue weighted by atomic mass is 9.72. The Hall–Kier alpha value is -1.71. The Kier molecular flexibility index (Phi) is 4.51. The molecule has 1 saturated carbocycles. The fraction of sp³-hybridized carbons (Fsp3) is 0.632. The summed E-state index contributed by atoms with van der Waals surface area (Å²) in [5.74, 6) is 1.77. The van der Waals surface area contributed by atoms with Crippen LogP contribution >= 0.6 is 0 Å². The molecule has 3 rings (SSSR count). The maximum Gasteiger partial charge on any atom is 0.338 e. The van der Waals surface area contributed by atoms with Crippen molar-refractivity contribution in [3.8, 4) is 11.5 Å². The monoisotopic (exact) mass is 318 g/mol. The van der Waals surface area contributed by atoms with Crippen LogP contribution in [0.3, 0.4) is 0 Å². The molecular weight excluding hydrogens is 292 g/mol. The summed E-state index contributed by atoms with van der Waals surface area (Å²) in [5.41, 5.74) is 0.873. The first kappa shape index (κ1) is 16.2. The van der Waals surface area contributed by atoms with Gasteiger partial charge in [0.15, 0.2) is 11.5 Å². The largest absolute Gasteiger partial charge is 0.486 e. The number of fused-ring (bicyclic) bond motifs is 1. The first-order chi connectivity index (χ1) is 10.9. The van der Waals surface area contributed by atoms with E-state index in [9.17, 15) is 4.79 Å². The van der Waals surface area contributed by atoms with E-state index in [1.165, 1.54) is 0 Å². The van der Waals surface area contributed by atoms with Gasteiger partial charge in [-0.1, -0.05) is 20.8 Å². The zero-order valence-corrected chi connectivity index (χ0v) is 14.3. The summed E-state index contributed by atoms with van der Waals surface area (Å²) < 4.78 is 16.7. The van der Waals surface area contributed by atoms with Crippen molar-refractivity contribution in [2.45, 2.75) is 52.6 Å². The smallest absolute Gasteiger partial charge is 0.338 e. The van der Waals surface area contributed by atoms with Gasteiger partial charge in [-0.05, 0) is 55.2 Å². The van der Waals surface area contributed by atoms with Crippen molar-refractivity contribution in [2.75, 3.05) is 13.2 Å². The summed E-state index contributed by atoms with van der Waals surface area (Å²) in [6, 6.07) is 5.25. The van der Waals surface area contributed by atoms with E-state index in [-0.39, 0.29) is 12.1 Å². The Morgan fingerprint density at radius 1 is 1.04 bits per heavy atom. The first-order valence-electron chi connectivity index (χ1n) is 8.54. The number of benzene rings is 1. The van der Waals surface area contributed by atoms with Gasteiger partial charge >= 0.3 is 5.97 Å². The van der Waals surface area contributed by atoms with Crippen LogP contribution in [0.2, 0.25) is 0 Å². The highest BCUT2D eigenvalue weighted by atomic mass is 16.6. The van der Waals surface area contributed by atoms with Crippen LogP contribution in [0.25, 0.3) is 0 Å². The molecule has 1 aromatic carbocycles. The third kappa shape index (κ3) is 3.80. The Bertz CT molecular complexity index is 565. The Balaban J connectivity index is 1.58. The first-order valence-corrected chi connectivity index (χ1v) is 8.54. The molecule has 1 heterocycles. The molecule has 4 heteroatoms. The van der Waals surface area contributed by atoms with Crippen LogP contribution in [0.5, 0.6) is 11.5 Å². The third-order valence-corrected chi connectivity index (χ3v) is 4.95. The SMILES string of the molecule is CC(C)(C)C1CCC(OC(=O)c2ccc3c(c2)OCCO3)CC1. The van der Waals surface area contributed by atoms with Gasteiger partial charge in [-0.25, -0.2) is 4.79 Å². The van der Waals surface area contributed by atoms with E-state index in [1.807, 2.05) is 0 Å². The van der Waals surface area contributed by atoms with Crippen LogP contribution in [-0.2, 0) is 4.74 Å². The maximum atomic E-state index is 12.4. The zero-order chi connectivity index (χ0) is 16.4. The molecule has 1 aromatic rings. The number of hydrogen-bond donors (Lipinski definition) is 0. The summed E-state index contributed by atoms with van der Waals surface area (Å²) >= 11 is 0. The molecule has 1 fully saturated rings. The normalized spacial score (nSPS) is 24.1. The molecule has 2 aliphatic rings. The number of hydrogen-bond acceptors (Lipinski definition) is 4. The van der Waals surface area contributed by atoms with Crippen molar-refractivity contribution in [2.24, 2.45) is 11.3 Å². The van der Waals surface area contributed by atoms with Crippen LogP contribution < -0.4 is 9.47 Å². The molecule has 0 unspecified atom stereocenters. The molecule has 0 atom stereocenters. The topological polar surface area (TPSA) is 44.8 Å². The lowest BCUT2D eigenvalue weighted by Gasteiger charge is -2.36. The Morgan fingerprint density at radius 3 is 2.35 bits per heavy atom. The molecule has 23 heavy (non-hydrogen) atoms. The standard InChI is InChI=1S/C19H26O4/c1-19(2,3)14-5-7-15(8-6-14)23-18(20)13-4-9-16-17(12-13)22-11-10-21-16/h4,9,12,14-15H,5-8,10-11H2,1-3H3. The number of carbonyl (C=O) groups is 1. The van der Waals surface area contributed by atoms with Crippen LogP contribution in [-0.4, -0.2) is 25.3 Å². The van der Waals surface area contributed by atoms with Crippen LogP contribution in [0, 0.1) is 11.3 Å². The van der Waals surface area contributed by atoms with Crippen LogP contribution in [0.4, 0.5) is 0 Å². The van der Waals surface area contributed by atoms with Gasteiger partial charge in [-0.15, -0.1) is 0 Å². The van der Waals surface area contributed by atoms with Crippen molar-refractivity contribution in [3.05, 3.63) is 23.8 Å². The molecule has 126 valence electrons. The fourth-order valence-corrected chi connectivity index (χ4v) is 3.44. The van der Waals surface area contributed by atoms with E-state index in [0.717, 1.165) is 25.7 Å². The van der Waals surface area contributed by atoms with E-state index in [4.69, 9.17) is 14.2 Å². The summed E-state index contributed by atoms with van der Waals surface area (Å²) in [6.45, 7) is 7.94. The van der Waals surface area contributed by atoms with Gasteiger partial charge in [0.2, 0.25) is 0 Å². The summed E-state index contributed by atoms with van der Waals surface area (Å²) in [5, 5.41) is 0. The number of carbonyl (C=O) groups excluding carboxylic acids is 1. The molecule has 0 saturated heterocycles. The molecule has 1 aliphatic carbocycles. The van der Waals surface area contributed by atoms with Crippen molar-refractivity contribution in [3.63, 3.8) is 0 Å². The molecule has 0 amide bonds. The Morgan fingerprint density at radius 2 is 1.70 bits per heavy atom. The summed E-state index contributed by atoms with van der Waals surface area (Å²) in [6.07, 6.45) is 4.20. The van der Waals surface area contributed by atoms with Crippen LogP contribution in [0.15, 0.2) is 18.2 Å². The predicted octanol–water partition coefficient (Wildman–Crippen LogP) is 4.22. The lowest BCUT2D eigenvalue weighted by molar-refractivity contribution is 0.00923. The number of esters is 1. The molecule has 0 radical (unpaired) electrons. The van der Waals surface area contributed by atoms with E-state index in [1.54, 1.807) is 18.2 Å². The second-order valence-corrected chi connectivity index (χ2v) is 7.60. The average Bonchev–Trinajstić information content (AvgIpc) is 2.54. The van der Waals surface area contributed by atoms with E-state index in [0.29, 0.717) is 41.6 Å². The van der Waals surface area contributed by atoms with Crippen molar-refractivity contribution >= 4 is 5.97 Å². The summed E-state index contributed by atoms with van der Waals surface area (Å²) in [4.78, 5) is 12.4. The van der Waals surface area contributed by atoms with Gasteiger partial charge in [0.1, 0.15) is 19.3 Å². The maximum absolute atomic E-state index is 12.4. The molecule has 0 N–H and O–H groups in total.